The summed E-state index contributed by atoms with van der Waals surface area (Å²) >= 11 is 0. The molecule has 2 aliphatic rings. The number of aryl methyl sites for hydroxylation is 1. The molecule has 2 aromatic heterocycles. The SMILES string of the molecule is Nc1cc(N2CCN(C(=O)CC[C@H](N)C(=O)OCc3ccccc3)CC2)nc(NCc2cn(CCCNCCCC3CCCCC3)nn2)n1. The standard InChI is InChI=1S/C35H53N11O3/c36-30(34(48)49-26-28-11-5-2-6-12-28)14-15-33(47)45-21-19-44(20-22-45)32-23-31(37)40-35(41-32)39-24-29-25-46(43-42-29)18-8-17-38-16-7-13-27-9-3-1-4-10-27/h2,5-6,11-12,23,25,27,30,38H,1,3-4,7-10,13-22,24,26,36H2,(H3,37,39,40,41)/t30-/m0/s1. The fourth-order valence-electron chi connectivity index (χ4n) is 6.45. The highest BCUT2D eigenvalue weighted by atomic mass is 16.5. The first kappa shape index (κ1) is 36.0. The largest absolute Gasteiger partial charge is 0.460 e. The lowest BCUT2D eigenvalue weighted by Crippen LogP contribution is -2.49. The Balaban J connectivity index is 0.969. The van der Waals surface area contributed by atoms with E-state index in [9.17, 15) is 9.59 Å². The Morgan fingerprint density at radius 2 is 1.78 bits per heavy atom. The minimum atomic E-state index is -0.846. The highest BCUT2D eigenvalue weighted by Crippen LogP contribution is 2.27. The molecule has 2 fully saturated rings. The Morgan fingerprint density at radius 3 is 2.57 bits per heavy atom. The van der Waals surface area contributed by atoms with E-state index in [2.05, 4.69) is 35.8 Å². The molecule has 0 radical (unpaired) electrons. The van der Waals surface area contributed by atoms with Crippen LogP contribution in [0.15, 0.2) is 42.6 Å². The molecule has 1 saturated heterocycles. The van der Waals surface area contributed by atoms with Crippen molar-refractivity contribution in [2.45, 2.75) is 89.9 Å². The van der Waals surface area contributed by atoms with Gasteiger partial charge in [-0.1, -0.05) is 67.6 Å². The maximum absolute atomic E-state index is 12.9. The summed E-state index contributed by atoms with van der Waals surface area (Å²) in [6.45, 7) is 5.69. The van der Waals surface area contributed by atoms with Crippen LogP contribution in [0, 0.1) is 5.92 Å². The van der Waals surface area contributed by atoms with Crippen LogP contribution in [0.3, 0.4) is 0 Å². The minimum Gasteiger partial charge on any atom is -0.460 e. The first-order valence-electron chi connectivity index (χ1n) is 17.9. The fourth-order valence-corrected chi connectivity index (χ4v) is 6.45. The van der Waals surface area contributed by atoms with Gasteiger partial charge in [0.1, 0.15) is 30.0 Å². The summed E-state index contributed by atoms with van der Waals surface area (Å²) in [6.07, 6.45) is 13.1. The number of piperazine rings is 1. The molecular weight excluding hydrogens is 622 g/mol. The number of nitrogen functional groups attached to an aromatic ring is 1. The average Bonchev–Trinajstić information content (AvgIpc) is 3.59. The van der Waals surface area contributed by atoms with Crippen LogP contribution in [0.4, 0.5) is 17.6 Å². The van der Waals surface area contributed by atoms with Gasteiger partial charge in [0.15, 0.2) is 0 Å². The Labute approximate surface area is 289 Å². The van der Waals surface area contributed by atoms with Gasteiger partial charge in [-0.25, -0.2) is 0 Å². The normalized spacial score (nSPS) is 16.0. The Bertz CT molecular complexity index is 1440. The van der Waals surface area contributed by atoms with E-state index in [0.717, 1.165) is 43.2 Å². The van der Waals surface area contributed by atoms with E-state index in [4.69, 9.17) is 16.2 Å². The van der Waals surface area contributed by atoms with Crippen LogP contribution < -0.4 is 27.0 Å². The molecule has 1 amide bonds. The van der Waals surface area contributed by atoms with Crippen molar-refractivity contribution in [1.82, 2.24) is 35.2 Å². The zero-order valence-corrected chi connectivity index (χ0v) is 28.6. The predicted molar refractivity (Wildman–Crippen MR) is 189 cm³/mol. The van der Waals surface area contributed by atoms with Crippen LogP contribution >= 0.6 is 0 Å². The summed E-state index contributed by atoms with van der Waals surface area (Å²) in [5.74, 6) is 1.87. The van der Waals surface area contributed by atoms with Crippen molar-refractivity contribution in [2.24, 2.45) is 11.7 Å². The molecule has 6 N–H and O–H groups in total. The second kappa shape index (κ2) is 19.0. The molecule has 3 heterocycles. The van der Waals surface area contributed by atoms with Gasteiger partial charge < -0.3 is 36.6 Å². The number of rotatable bonds is 18. The van der Waals surface area contributed by atoms with E-state index in [1.807, 2.05) is 41.2 Å². The lowest BCUT2D eigenvalue weighted by Gasteiger charge is -2.35. The monoisotopic (exact) mass is 675 g/mol. The Hall–Kier alpha value is -4.30. The van der Waals surface area contributed by atoms with Crippen molar-refractivity contribution in [2.75, 3.05) is 55.2 Å². The number of nitrogens with one attached hydrogen (secondary N) is 2. The number of anilines is 3. The van der Waals surface area contributed by atoms with E-state index in [-0.39, 0.29) is 25.4 Å². The van der Waals surface area contributed by atoms with Crippen LogP contribution in [-0.2, 0) is 34.0 Å². The number of nitrogens with zero attached hydrogens (tertiary/aromatic N) is 7. The topological polar surface area (TPSA) is 182 Å². The van der Waals surface area contributed by atoms with Crippen LogP contribution in [0.5, 0.6) is 0 Å². The molecule has 3 aromatic rings. The number of hydrogen-bond acceptors (Lipinski definition) is 12. The molecule has 49 heavy (non-hydrogen) atoms. The molecule has 1 aliphatic carbocycles. The summed E-state index contributed by atoms with van der Waals surface area (Å²) in [5, 5.41) is 15.3. The molecule has 14 heteroatoms. The quantitative estimate of drug-likeness (QED) is 0.114. The van der Waals surface area contributed by atoms with Gasteiger partial charge in [-0.05, 0) is 50.3 Å². The number of aromatic nitrogens is 5. The van der Waals surface area contributed by atoms with Gasteiger partial charge in [-0.3, -0.25) is 14.3 Å². The van der Waals surface area contributed by atoms with Crippen LogP contribution in [-0.4, -0.2) is 87.0 Å². The van der Waals surface area contributed by atoms with Crippen molar-refractivity contribution >= 4 is 29.5 Å². The number of ether oxygens (including phenoxy) is 1. The summed E-state index contributed by atoms with van der Waals surface area (Å²) in [6, 6.07) is 10.3. The highest BCUT2D eigenvalue weighted by molar-refractivity contribution is 5.79. The van der Waals surface area contributed by atoms with Gasteiger partial charge in [0.25, 0.3) is 0 Å². The van der Waals surface area contributed by atoms with E-state index in [0.29, 0.717) is 50.3 Å². The number of nitrogens with two attached hydrogens (primary N) is 2. The molecular formula is C35H53N11O3. The number of carbonyl (C=O) groups is 2. The van der Waals surface area contributed by atoms with Crippen LogP contribution in [0.1, 0.15) is 75.5 Å². The van der Waals surface area contributed by atoms with Crippen molar-refractivity contribution in [3.8, 4) is 0 Å². The Morgan fingerprint density at radius 1 is 1.00 bits per heavy atom. The van der Waals surface area contributed by atoms with E-state index >= 15 is 0 Å². The molecule has 1 aromatic carbocycles. The van der Waals surface area contributed by atoms with Gasteiger partial charge in [-0.15, -0.1) is 5.10 Å². The molecule has 0 unspecified atom stereocenters. The number of carbonyl (C=O) groups excluding carboxylic acids is 2. The molecule has 1 aliphatic heterocycles. The highest BCUT2D eigenvalue weighted by Gasteiger charge is 2.24. The zero-order valence-electron chi connectivity index (χ0n) is 28.6. The van der Waals surface area contributed by atoms with Crippen molar-refractivity contribution in [3.63, 3.8) is 0 Å². The van der Waals surface area contributed by atoms with E-state index in [1.165, 1.54) is 44.9 Å². The molecule has 5 rings (SSSR count). The van der Waals surface area contributed by atoms with Gasteiger partial charge in [0.2, 0.25) is 11.9 Å². The van der Waals surface area contributed by atoms with Gasteiger partial charge in [0.05, 0.1) is 12.7 Å². The van der Waals surface area contributed by atoms with Crippen LogP contribution in [0.25, 0.3) is 0 Å². The zero-order chi connectivity index (χ0) is 34.3. The maximum atomic E-state index is 12.9. The first-order chi connectivity index (χ1) is 23.9. The maximum Gasteiger partial charge on any atom is 0.323 e. The second-order valence-electron chi connectivity index (χ2n) is 13.2. The average molecular weight is 676 g/mol. The number of benzene rings is 1. The minimum absolute atomic E-state index is 0.0373. The van der Waals surface area contributed by atoms with Gasteiger partial charge >= 0.3 is 5.97 Å². The van der Waals surface area contributed by atoms with Crippen molar-refractivity contribution in [1.29, 1.82) is 0 Å². The smallest absolute Gasteiger partial charge is 0.323 e. The molecule has 1 atom stereocenters. The fraction of sp³-hybridized carbons (Fsp3) is 0.600. The predicted octanol–water partition coefficient (Wildman–Crippen LogP) is 3.10. The second-order valence-corrected chi connectivity index (χ2v) is 13.2. The van der Waals surface area contributed by atoms with Crippen molar-refractivity contribution < 1.29 is 14.3 Å². The van der Waals surface area contributed by atoms with Crippen molar-refractivity contribution in [3.05, 3.63) is 53.9 Å². The third-order valence-corrected chi connectivity index (χ3v) is 9.33. The molecule has 14 nitrogen and oxygen atoms in total. The summed E-state index contributed by atoms with van der Waals surface area (Å²) in [7, 11) is 0. The summed E-state index contributed by atoms with van der Waals surface area (Å²) in [5.41, 5.74) is 13.8. The summed E-state index contributed by atoms with van der Waals surface area (Å²) < 4.78 is 7.18. The molecule has 0 spiro atoms. The number of hydrogen-bond donors (Lipinski definition) is 4. The number of esters is 1. The van der Waals surface area contributed by atoms with Gasteiger partial charge in [-0.2, -0.15) is 9.97 Å². The first-order valence-corrected chi connectivity index (χ1v) is 17.9. The van der Waals surface area contributed by atoms with E-state index in [1.54, 1.807) is 11.0 Å². The third-order valence-electron chi connectivity index (χ3n) is 9.33. The lowest BCUT2D eigenvalue weighted by molar-refractivity contribution is -0.146. The lowest BCUT2D eigenvalue weighted by atomic mass is 9.86. The third kappa shape index (κ3) is 12.0. The molecule has 0 bridgehead atoms. The van der Waals surface area contributed by atoms with Gasteiger partial charge in [0, 0.05) is 45.2 Å². The number of amides is 1. The molecule has 1 saturated carbocycles. The van der Waals surface area contributed by atoms with Crippen LogP contribution in [0.2, 0.25) is 0 Å². The molecule has 266 valence electrons. The Kier molecular flexibility index (Phi) is 14.0. The van der Waals surface area contributed by atoms with E-state index < -0.39 is 12.0 Å². The summed E-state index contributed by atoms with van der Waals surface area (Å²) in [4.78, 5) is 38.0.